The van der Waals surface area contributed by atoms with E-state index < -0.39 is 0 Å². The summed E-state index contributed by atoms with van der Waals surface area (Å²) < 4.78 is 5.74. The molecule has 0 aliphatic rings. The lowest BCUT2D eigenvalue weighted by Crippen LogP contribution is -2.45. The summed E-state index contributed by atoms with van der Waals surface area (Å²) in [7, 11) is 0. The first-order valence-electron chi connectivity index (χ1n) is 5.65. The molecule has 2 unspecified atom stereocenters. The number of ether oxygens (including phenoxy) is 1. The molecule has 1 aromatic rings. The summed E-state index contributed by atoms with van der Waals surface area (Å²) in [5.41, 5.74) is 7.04. The van der Waals surface area contributed by atoms with Crippen LogP contribution in [-0.4, -0.2) is 23.9 Å². The predicted molar refractivity (Wildman–Crippen MR) is 65.5 cm³/mol. The Hall–Kier alpha value is -1.06. The van der Waals surface area contributed by atoms with Gasteiger partial charge in [0.05, 0.1) is 6.61 Å². The minimum Gasteiger partial charge on any atom is -0.486 e. The third-order valence-electron chi connectivity index (χ3n) is 2.75. The smallest absolute Gasteiger partial charge is 0.137 e. The molecule has 0 bridgehead atoms. The zero-order valence-corrected chi connectivity index (χ0v) is 10.2. The van der Waals surface area contributed by atoms with Crippen LogP contribution >= 0.6 is 0 Å². The van der Waals surface area contributed by atoms with Crippen molar-refractivity contribution in [3.63, 3.8) is 0 Å². The van der Waals surface area contributed by atoms with Gasteiger partial charge in [-0.1, -0.05) is 32.0 Å². The van der Waals surface area contributed by atoms with Gasteiger partial charge in [-0.2, -0.15) is 0 Å². The Morgan fingerprint density at radius 1 is 1.31 bits per heavy atom. The van der Waals surface area contributed by atoms with E-state index in [1.54, 1.807) is 0 Å². The lowest BCUT2D eigenvalue weighted by atomic mass is 10.00. The van der Waals surface area contributed by atoms with Crippen molar-refractivity contribution in [3.8, 4) is 5.75 Å². The fourth-order valence-electron chi connectivity index (χ4n) is 1.52. The van der Waals surface area contributed by atoms with Gasteiger partial charge in [0, 0.05) is 6.04 Å². The Kier molecular flexibility index (Phi) is 4.77. The Morgan fingerprint density at radius 3 is 2.44 bits per heavy atom. The normalized spacial score (nSPS) is 14.9. The highest BCUT2D eigenvalue weighted by molar-refractivity contribution is 5.32. The fraction of sp³-hybridized carbons (Fsp3) is 0.538. The van der Waals surface area contributed by atoms with E-state index >= 15 is 0 Å². The molecule has 3 nitrogen and oxygen atoms in total. The summed E-state index contributed by atoms with van der Waals surface area (Å²) in [5, 5.41) is 9.29. The number of benzene rings is 1. The maximum absolute atomic E-state index is 9.29. The van der Waals surface area contributed by atoms with Crippen molar-refractivity contribution in [1.82, 2.24) is 0 Å². The van der Waals surface area contributed by atoms with Crippen LogP contribution in [0.1, 0.15) is 19.4 Å². The summed E-state index contributed by atoms with van der Waals surface area (Å²) in [5.74, 6) is 1.07. The number of rotatable bonds is 5. The van der Waals surface area contributed by atoms with Crippen LogP contribution in [-0.2, 0) is 0 Å². The quantitative estimate of drug-likeness (QED) is 0.799. The minimum absolute atomic E-state index is 0.0618. The summed E-state index contributed by atoms with van der Waals surface area (Å²) in [6.07, 6.45) is -0.346. The van der Waals surface area contributed by atoms with E-state index in [1.807, 2.05) is 45.0 Å². The highest BCUT2D eigenvalue weighted by Gasteiger charge is 2.22. The molecule has 3 heteroatoms. The van der Waals surface area contributed by atoms with Crippen molar-refractivity contribution in [2.45, 2.75) is 32.9 Å². The summed E-state index contributed by atoms with van der Waals surface area (Å²) in [4.78, 5) is 0. The molecule has 0 amide bonds. The average molecular weight is 223 g/mol. The zero-order valence-electron chi connectivity index (χ0n) is 10.2. The van der Waals surface area contributed by atoms with Crippen LogP contribution < -0.4 is 10.5 Å². The highest BCUT2D eigenvalue weighted by atomic mass is 16.5. The van der Waals surface area contributed by atoms with Gasteiger partial charge in [0.15, 0.2) is 0 Å². The van der Waals surface area contributed by atoms with Crippen molar-refractivity contribution < 1.29 is 9.84 Å². The van der Waals surface area contributed by atoms with E-state index in [1.165, 1.54) is 0 Å². The first-order valence-corrected chi connectivity index (χ1v) is 5.65. The molecular formula is C13H21NO2. The van der Waals surface area contributed by atoms with Gasteiger partial charge < -0.3 is 15.6 Å². The van der Waals surface area contributed by atoms with E-state index in [2.05, 4.69) is 0 Å². The number of hydrogen-bond acceptors (Lipinski definition) is 3. The van der Waals surface area contributed by atoms with E-state index in [0.29, 0.717) is 0 Å². The first-order chi connectivity index (χ1) is 7.56. The lowest BCUT2D eigenvalue weighted by molar-refractivity contribution is 0.0805. The molecule has 3 N–H and O–H groups in total. The second kappa shape index (κ2) is 5.87. The Labute approximate surface area is 97.2 Å². The molecule has 0 saturated carbocycles. The molecule has 0 aliphatic carbocycles. The maximum Gasteiger partial charge on any atom is 0.137 e. The maximum atomic E-state index is 9.29. The average Bonchev–Trinajstić information content (AvgIpc) is 2.27. The molecule has 2 atom stereocenters. The minimum atomic E-state index is -0.346. The largest absolute Gasteiger partial charge is 0.486 e. The molecule has 1 rings (SSSR count). The van der Waals surface area contributed by atoms with E-state index in [-0.39, 0.29) is 24.7 Å². The molecule has 90 valence electrons. The molecule has 0 aliphatic heterocycles. The van der Waals surface area contributed by atoms with Gasteiger partial charge in [0.1, 0.15) is 11.9 Å². The van der Waals surface area contributed by atoms with Crippen molar-refractivity contribution in [1.29, 1.82) is 0 Å². The van der Waals surface area contributed by atoms with Crippen molar-refractivity contribution in [3.05, 3.63) is 29.8 Å². The molecular weight excluding hydrogens is 202 g/mol. The molecule has 1 aromatic carbocycles. The van der Waals surface area contributed by atoms with Crippen molar-refractivity contribution >= 4 is 0 Å². The molecule has 0 spiro atoms. The van der Waals surface area contributed by atoms with Crippen LogP contribution in [0.4, 0.5) is 0 Å². The van der Waals surface area contributed by atoms with Gasteiger partial charge in [-0.3, -0.25) is 0 Å². The van der Waals surface area contributed by atoms with Gasteiger partial charge in [0.2, 0.25) is 0 Å². The standard InChI is InChI=1S/C13H21NO2/c1-9(2)13(14)12(8-15)16-11-7-5-4-6-10(11)3/h4-7,9,12-13,15H,8,14H2,1-3H3. The number of hydrogen-bond donors (Lipinski definition) is 2. The third kappa shape index (κ3) is 3.22. The number of aryl methyl sites for hydroxylation is 1. The van der Waals surface area contributed by atoms with Crippen molar-refractivity contribution in [2.75, 3.05) is 6.61 Å². The molecule has 0 fully saturated rings. The van der Waals surface area contributed by atoms with Crippen LogP contribution in [0.5, 0.6) is 5.75 Å². The van der Waals surface area contributed by atoms with Crippen LogP contribution in [0, 0.1) is 12.8 Å². The lowest BCUT2D eigenvalue weighted by Gasteiger charge is -2.26. The van der Waals surface area contributed by atoms with E-state index in [0.717, 1.165) is 11.3 Å². The summed E-state index contributed by atoms with van der Waals surface area (Å²) >= 11 is 0. The monoisotopic (exact) mass is 223 g/mol. The van der Waals surface area contributed by atoms with Gasteiger partial charge in [0.25, 0.3) is 0 Å². The van der Waals surface area contributed by atoms with Crippen LogP contribution in [0.3, 0.4) is 0 Å². The molecule has 0 saturated heterocycles. The molecule has 0 aromatic heterocycles. The van der Waals surface area contributed by atoms with Crippen LogP contribution in [0.15, 0.2) is 24.3 Å². The summed E-state index contributed by atoms with van der Waals surface area (Å²) in [6.45, 7) is 5.96. The number of para-hydroxylation sites is 1. The Bertz CT molecular complexity index is 325. The number of nitrogens with two attached hydrogens (primary N) is 1. The SMILES string of the molecule is Cc1ccccc1OC(CO)C(N)C(C)C. The van der Waals surface area contributed by atoms with E-state index in [4.69, 9.17) is 10.5 Å². The second-order valence-electron chi connectivity index (χ2n) is 4.43. The summed E-state index contributed by atoms with van der Waals surface area (Å²) in [6, 6.07) is 7.58. The topological polar surface area (TPSA) is 55.5 Å². The molecule has 0 heterocycles. The van der Waals surface area contributed by atoms with Crippen LogP contribution in [0.2, 0.25) is 0 Å². The highest BCUT2D eigenvalue weighted by Crippen LogP contribution is 2.19. The predicted octanol–water partition coefficient (Wildman–Crippen LogP) is 1.72. The fourth-order valence-corrected chi connectivity index (χ4v) is 1.52. The Morgan fingerprint density at radius 2 is 1.94 bits per heavy atom. The van der Waals surface area contributed by atoms with Crippen LogP contribution in [0.25, 0.3) is 0 Å². The number of aliphatic hydroxyl groups is 1. The second-order valence-corrected chi connectivity index (χ2v) is 4.43. The van der Waals surface area contributed by atoms with Gasteiger partial charge in [-0.05, 0) is 24.5 Å². The van der Waals surface area contributed by atoms with Gasteiger partial charge >= 0.3 is 0 Å². The van der Waals surface area contributed by atoms with Gasteiger partial charge in [-0.25, -0.2) is 0 Å². The first kappa shape index (κ1) is 13.0. The van der Waals surface area contributed by atoms with Gasteiger partial charge in [-0.15, -0.1) is 0 Å². The number of aliphatic hydroxyl groups excluding tert-OH is 1. The molecule has 16 heavy (non-hydrogen) atoms. The third-order valence-corrected chi connectivity index (χ3v) is 2.75. The van der Waals surface area contributed by atoms with Crippen molar-refractivity contribution in [2.24, 2.45) is 11.7 Å². The Balaban J connectivity index is 2.74. The zero-order chi connectivity index (χ0) is 12.1. The van der Waals surface area contributed by atoms with E-state index in [9.17, 15) is 5.11 Å². The molecule has 0 radical (unpaired) electrons.